The number of carbonyl (C=O) groups excluding carboxylic acids is 1. The summed E-state index contributed by atoms with van der Waals surface area (Å²) in [5, 5.41) is 0.270. The van der Waals surface area contributed by atoms with E-state index < -0.39 is 16.6 Å². The quantitative estimate of drug-likeness (QED) is 0.757. The zero-order chi connectivity index (χ0) is 16.7. The predicted molar refractivity (Wildman–Crippen MR) is 91.2 cm³/mol. The van der Waals surface area contributed by atoms with Crippen molar-refractivity contribution in [2.45, 2.75) is 55.4 Å². The van der Waals surface area contributed by atoms with E-state index in [2.05, 4.69) is 0 Å². The molecule has 3 aliphatic rings. The fourth-order valence-electron chi connectivity index (χ4n) is 3.98. The van der Waals surface area contributed by atoms with Crippen LogP contribution >= 0.6 is 0 Å². The maximum absolute atomic E-state index is 13.7. The average Bonchev–Trinajstić information content (AvgIpc) is 3.37. The maximum atomic E-state index is 13.7. The Morgan fingerprint density at radius 3 is 2.54 bits per heavy atom. The summed E-state index contributed by atoms with van der Waals surface area (Å²) in [6, 6.07) is 4.24. The largest absolute Gasteiger partial charge is 0.493 e. The van der Waals surface area contributed by atoms with Crippen LogP contribution in [0.25, 0.3) is 0 Å². The van der Waals surface area contributed by atoms with Crippen molar-refractivity contribution in [1.82, 2.24) is 0 Å². The molecule has 1 aliphatic carbocycles. The Hall–Kier alpha value is -1.23. The molecule has 2 aliphatic heterocycles. The van der Waals surface area contributed by atoms with Gasteiger partial charge in [-0.2, -0.15) is 0 Å². The predicted octanol–water partition coefficient (Wildman–Crippen LogP) is 3.88. The smallest absolute Gasteiger partial charge is 0.169 e. The number of Topliss-reactive ketones (excluding diaryl/α,β-unsaturated/α-hetero) is 1. The molecule has 24 heavy (non-hydrogen) atoms. The highest BCUT2D eigenvalue weighted by Crippen LogP contribution is 2.39. The lowest BCUT2D eigenvalue weighted by Crippen LogP contribution is -2.41. The van der Waals surface area contributed by atoms with E-state index in [1.807, 2.05) is 0 Å². The van der Waals surface area contributed by atoms with Gasteiger partial charge in [0.1, 0.15) is 11.6 Å². The molecule has 4 rings (SSSR count). The fourth-order valence-corrected chi connectivity index (χ4v) is 6.17. The molecule has 3 nitrogen and oxygen atoms in total. The van der Waals surface area contributed by atoms with Crippen LogP contribution in [0.3, 0.4) is 0 Å². The summed E-state index contributed by atoms with van der Waals surface area (Å²) in [5.41, 5.74) is 0.367. The zero-order valence-corrected chi connectivity index (χ0v) is 14.5. The van der Waals surface area contributed by atoms with Crippen molar-refractivity contribution in [2.75, 3.05) is 6.61 Å². The van der Waals surface area contributed by atoms with E-state index in [0.29, 0.717) is 36.7 Å². The Labute approximate surface area is 144 Å². The van der Waals surface area contributed by atoms with Crippen LogP contribution in [0.2, 0.25) is 0 Å². The summed E-state index contributed by atoms with van der Waals surface area (Å²) in [4.78, 5) is 13.0. The van der Waals surface area contributed by atoms with Crippen LogP contribution in [0.5, 0.6) is 5.75 Å². The molecular weight excluding hydrogens is 327 g/mol. The third-order valence-corrected chi connectivity index (χ3v) is 7.72. The molecule has 3 fully saturated rings. The minimum atomic E-state index is -0.798. The number of rotatable bonds is 5. The minimum absolute atomic E-state index is 0.0334. The number of hydrogen-bond donors (Lipinski definition) is 0. The lowest BCUT2D eigenvalue weighted by molar-refractivity contribution is 0.0890. The first kappa shape index (κ1) is 16.2. The van der Waals surface area contributed by atoms with Gasteiger partial charge in [-0.1, -0.05) is 6.42 Å². The van der Waals surface area contributed by atoms with Crippen LogP contribution in [0.4, 0.5) is 4.39 Å². The van der Waals surface area contributed by atoms with Crippen molar-refractivity contribution in [2.24, 2.45) is 11.8 Å². The van der Waals surface area contributed by atoms with Crippen LogP contribution in [-0.4, -0.2) is 27.1 Å². The Balaban J connectivity index is 1.54. The second kappa shape index (κ2) is 6.58. The summed E-state index contributed by atoms with van der Waals surface area (Å²) < 4.78 is 31.9. The normalized spacial score (nSPS) is 32.4. The number of ketones is 1. The van der Waals surface area contributed by atoms with Gasteiger partial charge in [-0.05, 0) is 62.6 Å². The Kier molecular flexibility index (Phi) is 4.46. The summed E-state index contributed by atoms with van der Waals surface area (Å²) in [6.45, 7) is 0.603. The first-order valence-electron chi connectivity index (χ1n) is 8.97. The van der Waals surface area contributed by atoms with Crippen LogP contribution < -0.4 is 4.74 Å². The second-order valence-corrected chi connectivity index (χ2v) is 9.42. The van der Waals surface area contributed by atoms with Crippen molar-refractivity contribution in [3.8, 4) is 5.75 Å². The van der Waals surface area contributed by atoms with Gasteiger partial charge in [-0.25, -0.2) is 4.39 Å². The molecule has 1 saturated carbocycles. The zero-order valence-electron chi connectivity index (χ0n) is 13.7. The van der Waals surface area contributed by atoms with Crippen LogP contribution in [-0.2, 0) is 10.8 Å². The SMILES string of the molecule is O=C(c1cc(F)ccc1OCC1CC1)C1CC2CCCC(C1)S2=O. The molecule has 5 heteroatoms. The van der Waals surface area contributed by atoms with E-state index in [4.69, 9.17) is 4.74 Å². The Morgan fingerprint density at radius 1 is 1.17 bits per heavy atom. The van der Waals surface area contributed by atoms with E-state index in [1.54, 1.807) is 6.07 Å². The molecule has 2 saturated heterocycles. The first-order chi connectivity index (χ1) is 11.6. The van der Waals surface area contributed by atoms with Crippen molar-refractivity contribution in [1.29, 1.82) is 0 Å². The Bertz CT molecular complexity index is 655. The molecule has 1 aromatic carbocycles. The van der Waals surface area contributed by atoms with Crippen molar-refractivity contribution in [3.05, 3.63) is 29.6 Å². The number of hydrogen-bond acceptors (Lipinski definition) is 3. The molecule has 0 N–H and O–H groups in total. The van der Waals surface area contributed by atoms with Gasteiger partial charge in [-0.3, -0.25) is 9.00 Å². The Morgan fingerprint density at radius 2 is 1.88 bits per heavy atom. The van der Waals surface area contributed by atoms with Crippen molar-refractivity contribution < 1.29 is 18.1 Å². The number of ether oxygens (including phenoxy) is 1. The highest BCUT2D eigenvalue weighted by atomic mass is 32.2. The van der Waals surface area contributed by atoms with Gasteiger partial charge < -0.3 is 4.74 Å². The molecule has 2 unspecified atom stereocenters. The molecule has 0 amide bonds. The van der Waals surface area contributed by atoms with E-state index in [9.17, 15) is 13.4 Å². The number of benzene rings is 1. The molecule has 2 heterocycles. The van der Waals surface area contributed by atoms with E-state index in [-0.39, 0.29) is 22.2 Å². The lowest BCUT2D eigenvalue weighted by atomic mass is 9.84. The number of carbonyl (C=O) groups is 1. The van der Waals surface area contributed by atoms with Gasteiger partial charge in [0.25, 0.3) is 0 Å². The summed E-state index contributed by atoms with van der Waals surface area (Å²) >= 11 is 0. The molecule has 130 valence electrons. The highest BCUT2D eigenvalue weighted by Gasteiger charge is 2.41. The summed E-state index contributed by atoms with van der Waals surface area (Å²) in [7, 11) is -0.798. The van der Waals surface area contributed by atoms with Crippen molar-refractivity contribution >= 4 is 16.6 Å². The number of halogens is 1. The van der Waals surface area contributed by atoms with Gasteiger partial charge in [0.05, 0.1) is 12.2 Å². The molecule has 0 spiro atoms. The third kappa shape index (κ3) is 3.28. The maximum Gasteiger partial charge on any atom is 0.169 e. The molecule has 2 bridgehead atoms. The fraction of sp³-hybridized carbons (Fsp3) is 0.632. The van der Waals surface area contributed by atoms with Crippen LogP contribution in [0.1, 0.15) is 55.3 Å². The summed E-state index contributed by atoms with van der Waals surface area (Å²) in [6.07, 6.45) is 6.67. The van der Waals surface area contributed by atoms with E-state index in [0.717, 1.165) is 19.3 Å². The average molecular weight is 350 g/mol. The van der Waals surface area contributed by atoms with Gasteiger partial charge in [-0.15, -0.1) is 0 Å². The topological polar surface area (TPSA) is 43.4 Å². The van der Waals surface area contributed by atoms with Gasteiger partial charge in [0.2, 0.25) is 0 Å². The molecule has 0 radical (unpaired) electrons. The van der Waals surface area contributed by atoms with E-state index >= 15 is 0 Å². The van der Waals surface area contributed by atoms with E-state index in [1.165, 1.54) is 25.0 Å². The molecule has 1 aromatic rings. The van der Waals surface area contributed by atoms with Gasteiger partial charge in [0, 0.05) is 27.2 Å². The monoisotopic (exact) mass is 350 g/mol. The third-order valence-electron chi connectivity index (χ3n) is 5.55. The number of fused-ring (bicyclic) bond motifs is 2. The van der Waals surface area contributed by atoms with Crippen LogP contribution in [0, 0.1) is 17.7 Å². The molecule has 2 atom stereocenters. The summed E-state index contributed by atoms with van der Waals surface area (Å²) in [5.74, 6) is 0.494. The second-order valence-electron chi connectivity index (χ2n) is 7.43. The molecular formula is C19H23FO3S. The lowest BCUT2D eigenvalue weighted by Gasteiger charge is -2.37. The minimum Gasteiger partial charge on any atom is -0.493 e. The highest BCUT2D eigenvalue weighted by molar-refractivity contribution is 7.86. The standard InChI is InChI=1S/C19H23FO3S/c20-14-6-7-18(23-11-12-4-5-12)17(10-14)19(21)13-8-15-2-1-3-16(9-13)24(15)22/h6-7,10,12-13,15-16H,1-5,8-9,11H2. The van der Waals surface area contributed by atoms with Gasteiger partial charge in [0.15, 0.2) is 5.78 Å². The molecule has 0 aromatic heterocycles. The van der Waals surface area contributed by atoms with Crippen LogP contribution in [0.15, 0.2) is 18.2 Å². The van der Waals surface area contributed by atoms with Gasteiger partial charge >= 0.3 is 0 Å². The van der Waals surface area contributed by atoms with Crippen molar-refractivity contribution in [3.63, 3.8) is 0 Å². The first-order valence-corrected chi connectivity index (χ1v) is 10.3.